The summed E-state index contributed by atoms with van der Waals surface area (Å²) in [6.45, 7) is 11.3. The number of alkyl carbamates (subject to hydrolysis) is 1. The quantitative estimate of drug-likeness (QED) is 0.174. The molecule has 0 spiro atoms. The molecule has 0 saturated carbocycles. The highest BCUT2D eigenvalue weighted by molar-refractivity contribution is 6.74. The summed E-state index contributed by atoms with van der Waals surface area (Å²) >= 11 is 0. The van der Waals surface area contributed by atoms with E-state index in [0.29, 0.717) is 18.4 Å². The van der Waals surface area contributed by atoms with Gasteiger partial charge in [0.25, 0.3) is 0 Å². The Labute approximate surface area is 245 Å². The molecule has 2 atom stereocenters. The second-order valence-corrected chi connectivity index (χ2v) is 16.4. The minimum Gasteiger partial charge on any atom is -0.465 e. The second-order valence-electron chi connectivity index (χ2n) is 11.6. The SMILES string of the molecule is COC(=O)c1ccc(/C=C\CC[C@@H](NC(=O)OCc2ccccc2)[C@H](O[Si](C)(C)C(C)(C)C)c2ccccc2)cc1. The van der Waals surface area contributed by atoms with Crippen LogP contribution >= 0.6 is 0 Å². The van der Waals surface area contributed by atoms with Crippen LogP contribution in [0.1, 0.15) is 66.8 Å². The summed E-state index contributed by atoms with van der Waals surface area (Å²) in [7, 11) is -0.831. The molecule has 6 nitrogen and oxygen atoms in total. The Kier molecular flexibility index (Phi) is 11.5. The van der Waals surface area contributed by atoms with Crippen molar-refractivity contribution < 1.29 is 23.5 Å². The van der Waals surface area contributed by atoms with Crippen LogP contribution < -0.4 is 5.32 Å². The molecule has 218 valence electrons. The van der Waals surface area contributed by atoms with E-state index in [9.17, 15) is 9.59 Å². The number of rotatable bonds is 12. The predicted octanol–water partition coefficient (Wildman–Crippen LogP) is 8.32. The van der Waals surface area contributed by atoms with Crippen molar-refractivity contribution in [1.82, 2.24) is 5.32 Å². The minimum atomic E-state index is -2.20. The molecule has 0 fully saturated rings. The largest absolute Gasteiger partial charge is 0.465 e. The monoisotopic (exact) mass is 573 g/mol. The summed E-state index contributed by atoms with van der Waals surface area (Å²) in [6, 6.07) is 26.7. The number of amides is 1. The van der Waals surface area contributed by atoms with Crippen LogP contribution in [0.15, 0.2) is 91.0 Å². The number of methoxy groups -OCH3 is 1. The Morgan fingerprint density at radius 1 is 0.902 bits per heavy atom. The fourth-order valence-electron chi connectivity index (χ4n) is 4.08. The van der Waals surface area contributed by atoms with Gasteiger partial charge in [0.1, 0.15) is 6.61 Å². The summed E-state index contributed by atoms with van der Waals surface area (Å²) in [5.41, 5.74) is 3.43. The molecule has 0 aliphatic heterocycles. The zero-order chi connectivity index (χ0) is 29.9. The number of hydrogen-bond donors (Lipinski definition) is 1. The normalized spacial score (nSPS) is 13.4. The van der Waals surface area contributed by atoms with Gasteiger partial charge in [0.2, 0.25) is 0 Å². The van der Waals surface area contributed by atoms with E-state index >= 15 is 0 Å². The van der Waals surface area contributed by atoms with E-state index < -0.39 is 14.4 Å². The van der Waals surface area contributed by atoms with Crippen molar-refractivity contribution in [3.05, 3.63) is 113 Å². The van der Waals surface area contributed by atoms with Crippen LogP contribution in [0.25, 0.3) is 6.08 Å². The Bertz CT molecular complexity index is 1270. The summed E-state index contributed by atoms with van der Waals surface area (Å²) in [5.74, 6) is -0.359. The topological polar surface area (TPSA) is 73.9 Å². The van der Waals surface area contributed by atoms with E-state index in [-0.39, 0.29) is 29.8 Å². The van der Waals surface area contributed by atoms with Crippen molar-refractivity contribution in [3.8, 4) is 0 Å². The van der Waals surface area contributed by atoms with Crippen LogP contribution in [0.3, 0.4) is 0 Å². The highest BCUT2D eigenvalue weighted by Gasteiger charge is 2.41. The zero-order valence-corrected chi connectivity index (χ0v) is 26.1. The van der Waals surface area contributed by atoms with Crippen LogP contribution in [-0.4, -0.2) is 33.5 Å². The average Bonchev–Trinajstić information content (AvgIpc) is 2.97. The van der Waals surface area contributed by atoms with Crippen LogP contribution in [0.5, 0.6) is 0 Å². The van der Waals surface area contributed by atoms with Crippen LogP contribution in [0.2, 0.25) is 18.1 Å². The van der Waals surface area contributed by atoms with Gasteiger partial charge in [0.05, 0.1) is 24.8 Å². The number of hydrogen-bond acceptors (Lipinski definition) is 5. The number of carbonyl (C=O) groups excluding carboxylic acids is 2. The second kappa shape index (κ2) is 14.8. The van der Waals surface area contributed by atoms with Gasteiger partial charge >= 0.3 is 12.1 Å². The third-order valence-electron chi connectivity index (χ3n) is 7.52. The van der Waals surface area contributed by atoms with Gasteiger partial charge in [-0.3, -0.25) is 0 Å². The molecule has 7 heteroatoms. The van der Waals surface area contributed by atoms with Crippen molar-refractivity contribution >= 4 is 26.5 Å². The molecule has 0 aliphatic rings. The highest BCUT2D eigenvalue weighted by Crippen LogP contribution is 2.41. The highest BCUT2D eigenvalue weighted by atomic mass is 28.4. The molecular weight excluding hydrogens is 530 g/mol. The Morgan fingerprint density at radius 3 is 2.10 bits per heavy atom. The maximum Gasteiger partial charge on any atom is 0.407 e. The van der Waals surface area contributed by atoms with E-state index in [1.54, 1.807) is 12.1 Å². The lowest BCUT2D eigenvalue weighted by Crippen LogP contribution is -2.48. The zero-order valence-electron chi connectivity index (χ0n) is 25.1. The predicted molar refractivity (Wildman–Crippen MR) is 167 cm³/mol. The fourth-order valence-corrected chi connectivity index (χ4v) is 5.37. The van der Waals surface area contributed by atoms with Crippen LogP contribution in [0.4, 0.5) is 4.79 Å². The molecule has 41 heavy (non-hydrogen) atoms. The molecule has 0 aliphatic carbocycles. The maximum absolute atomic E-state index is 13.1. The molecule has 1 amide bonds. The van der Waals surface area contributed by atoms with Gasteiger partial charge < -0.3 is 19.2 Å². The molecule has 0 bridgehead atoms. The van der Waals surface area contributed by atoms with Crippen molar-refractivity contribution in [1.29, 1.82) is 0 Å². The van der Waals surface area contributed by atoms with E-state index in [1.807, 2.05) is 66.7 Å². The van der Waals surface area contributed by atoms with E-state index in [0.717, 1.165) is 16.7 Å². The van der Waals surface area contributed by atoms with Crippen molar-refractivity contribution in [3.63, 3.8) is 0 Å². The molecular formula is C34H43NO5Si. The minimum absolute atomic E-state index is 0.00529. The lowest BCUT2D eigenvalue weighted by atomic mass is 9.98. The maximum atomic E-state index is 13.1. The first-order chi connectivity index (χ1) is 19.5. The van der Waals surface area contributed by atoms with Crippen LogP contribution in [0, 0.1) is 0 Å². The van der Waals surface area contributed by atoms with Crippen LogP contribution in [-0.2, 0) is 20.5 Å². The number of carbonyl (C=O) groups is 2. The van der Waals surface area contributed by atoms with Gasteiger partial charge in [0, 0.05) is 0 Å². The van der Waals surface area contributed by atoms with Gasteiger partial charge in [0.15, 0.2) is 8.32 Å². The van der Waals surface area contributed by atoms with Crippen molar-refractivity contribution in [2.24, 2.45) is 0 Å². The molecule has 3 aromatic carbocycles. The molecule has 0 aromatic heterocycles. The summed E-state index contributed by atoms with van der Waals surface area (Å²) in [5, 5.41) is 3.13. The van der Waals surface area contributed by atoms with Gasteiger partial charge in [-0.1, -0.05) is 106 Å². The first-order valence-corrected chi connectivity index (χ1v) is 17.0. The first kappa shape index (κ1) is 31.8. The lowest BCUT2D eigenvalue weighted by Gasteiger charge is -2.41. The Balaban J connectivity index is 1.80. The van der Waals surface area contributed by atoms with E-state index in [4.69, 9.17) is 13.9 Å². The first-order valence-electron chi connectivity index (χ1n) is 14.0. The number of benzene rings is 3. The van der Waals surface area contributed by atoms with E-state index in [2.05, 4.69) is 57.4 Å². The number of ether oxygens (including phenoxy) is 2. The Morgan fingerprint density at radius 2 is 1.51 bits per heavy atom. The number of allylic oxidation sites excluding steroid dienone is 1. The fraction of sp³-hybridized carbons (Fsp3) is 0.353. The standard InChI is InChI=1S/C34H43NO5Si/c1-34(2,3)41(5,6)40-31(28-18-11-8-12-19-28)30(35-33(37)39-25-27-16-9-7-10-17-27)20-14-13-15-26-21-23-29(24-22-26)32(36)38-4/h7-13,15-19,21-24,30-31H,14,20,25H2,1-6H3,(H,35,37)/b15-13-/t30-,31-/m1/s1. The molecule has 0 unspecified atom stereocenters. The molecule has 1 N–H and O–H groups in total. The molecule has 0 radical (unpaired) electrons. The number of nitrogens with one attached hydrogen (secondary N) is 1. The Hall–Kier alpha value is -3.68. The van der Waals surface area contributed by atoms with Gasteiger partial charge in [-0.05, 0) is 59.8 Å². The average molecular weight is 574 g/mol. The molecule has 0 heterocycles. The summed E-state index contributed by atoms with van der Waals surface area (Å²) in [6.07, 6.45) is 4.62. The van der Waals surface area contributed by atoms with Crippen molar-refractivity contribution in [2.45, 2.75) is 70.5 Å². The van der Waals surface area contributed by atoms with Gasteiger partial charge in [-0.25, -0.2) is 9.59 Å². The third kappa shape index (κ3) is 9.72. The van der Waals surface area contributed by atoms with Gasteiger partial charge in [-0.15, -0.1) is 0 Å². The van der Waals surface area contributed by atoms with Gasteiger partial charge in [-0.2, -0.15) is 0 Å². The summed E-state index contributed by atoms with van der Waals surface area (Å²) in [4.78, 5) is 24.8. The van der Waals surface area contributed by atoms with E-state index in [1.165, 1.54) is 7.11 Å². The lowest BCUT2D eigenvalue weighted by molar-refractivity contribution is 0.0600. The number of esters is 1. The molecule has 3 aromatic rings. The summed E-state index contributed by atoms with van der Waals surface area (Å²) < 4.78 is 17.4. The molecule has 3 rings (SSSR count). The van der Waals surface area contributed by atoms with Crippen molar-refractivity contribution in [2.75, 3.05) is 7.11 Å². The molecule has 0 saturated heterocycles. The third-order valence-corrected chi connectivity index (χ3v) is 12.0. The smallest absolute Gasteiger partial charge is 0.407 e.